The molecule has 2 aromatic heterocycles. The normalized spacial score (nSPS) is 13.2. The van der Waals surface area contributed by atoms with Gasteiger partial charge in [-0.3, -0.25) is 0 Å². The lowest BCUT2D eigenvalue weighted by Crippen LogP contribution is -2.02. The van der Waals surface area contributed by atoms with E-state index in [1.54, 1.807) is 0 Å². The second-order valence-corrected chi connectivity index (χ2v) is 11.9. The molecule has 0 radical (unpaired) electrons. The molecule has 2 heterocycles. The largest absolute Gasteiger partial charge is 0.456 e. The quantitative estimate of drug-likeness (QED) is 0.209. The van der Waals surface area contributed by atoms with Crippen molar-refractivity contribution >= 4 is 71.5 Å². The van der Waals surface area contributed by atoms with Crippen LogP contribution in [0.2, 0.25) is 0 Å². The fraction of sp³-hybridized carbons (Fsp3) is 0.0476. The zero-order valence-corrected chi connectivity index (χ0v) is 23.9. The summed E-state index contributed by atoms with van der Waals surface area (Å²) in [6.07, 6.45) is 6.69. The van der Waals surface area contributed by atoms with Crippen LogP contribution in [-0.2, 0) is 6.42 Å². The zero-order valence-electron chi connectivity index (χ0n) is 23.9. The number of hydrogen-bond donors (Lipinski definition) is 0. The lowest BCUT2D eigenvalue weighted by atomic mass is 9.79. The highest BCUT2D eigenvalue weighted by molar-refractivity contribution is 6.20. The first-order valence-electron chi connectivity index (χ1n) is 15.3. The Morgan fingerprint density at radius 2 is 1.18 bits per heavy atom. The molecule has 7 aromatic carbocycles. The zero-order chi connectivity index (χ0) is 28.8. The van der Waals surface area contributed by atoms with Gasteiger partial charge in [-0.05, 0) is 104 Å². The van der Waals surface area contributed by atoms with E-state index in [4.69, 9.17) is 8.83 Å². The topological polar surface area (TPSA) is 26.3 Å². The summed E-state index contributed by atoms with van der Waals surface area (Å²) in [5, 5.41) is 9.62. The van der Waals surface area contributed by atoms with Gasteiger partial charge in [0.15, 0.2) is 0 Å². The van der Waals surface area contributed by atoms with Crippen LogP contribution in [-0.4, -0.2) is 0 Å². The SMILES string of the molecule is C1=Cc2c(c(-c3cccc4oc5cc6ccccc6cc5c34)c3ccccc3c2-c2ccc3oc4ccccc4c3c2)CC1. The lowest BCUT2D eigenvalue weighted by molar-refractivity contribution is 0.669. The van der Waals surface area contributed by atoms with E-state index >= 15 is 0 Å². The van der Waals surface area contributed by atoms with Crippen molar-refractivity contribution in [3.8, 4) is 22.3 Å². The van der Waals surface area contributed by atoms with Crippen LogP contribution in [0.4, 0.5) is 0 Å². The summed E-state index contributed by atoms with van der Waals surface area (Å²) in [5.74, 6) is 0. The minimum Gasteiger partial charge on any atom is -0.456 e. The summed E-state index contributed by atoms with van der Waals surface area (Å²) in [5.41, 5.74) is 11.5. The third-order valence-electron chi connectivity index (χ3n) is 9.51. The van der Waals surface area contributed by atoms with Gasteiger partial charge in [-0.25, -0.2) is 0 Å². The smallest absolute Gasteiger partial charge is 0.136 e. The summed E-state index contributed by atoms with van der Waals surface area (Å²) < 4.78 is 12.7. The van der Waals surface area contributed by atoms with Crippen molar-refractivity contribution in [1.29, 1.82) is 0 Å². The summed E-state index contributed by atoms with van der Waals surface area (Å²) >= 11 is 0. The van der Waals surface area contributed by atoms with Gasteiger partial charge in [0.1, 0.15) is 22.3 Å². The van der Waals surface area contributed by atoms with Gasteiger partial charge < -0.3 is 8.83 Å². The van der Waals surface area contributed by atoms with Crippen LogP contribution >= 0.6 is 0 Å². The van der Waals surface area contributed by atoms with Crippen molar-refractivity contribution in [1.82, 2.24) is 0 Å². The molecule has 0 aliphatic heterocycles. The molecule has 0 N–H and O–H groups in total. The minimum absolute atomic E-state index is 0.923. The molecule has 0 amide bonds. The Balaban J connectivity index is 1.31. The van der Waals surface area contributed by atoms with Crippen LogP contribution in [0.25, 0.3) is 93.8 Å². The van der Waals surface area contributed by atoms with Crippen molar-refractivity contribution in [3.63, 3.8) is 0 Å². The first-order valence-corrected chi connectivity index (χ1v) is 15.3. The second kappa shape index (κ2) is 8.95. The molecule has 2 nitrogen and oxygen atoms in total. The third-order valence-corrected chi connectivity index (χ3v) is 9.51. The summed E-state index contributed by atoms with van der Waals surface area (Å²) in [7, 11) is 0. The highest BCUT2D eigenvalue weighted by atomic mass is 16.3. The first kappa shape index (κ1) is 23.9. The van der Waals surface area contributed by atoms with Gasteiger partial charge in [-0.2, -0.15) is 0 Å². The number of rotatable bonds is 2. The molecule has 1 aliphatic rings. The van der Waals surface area contributed by atoms with Crippen molar-refractivity contribution < 1.29 is 8.83 Å². The van der Waals surface area contributed by atoms with Gasteiger partial charge >= 0.3 is 0 Å². The van der Waals surface area contributed by atoms with Gasteiger partial charge in [0.05, 0.1) is 0 Å². The summed E-state index contributed by atoms with van der Waals surface area (Å²) in [6, 6.07) is 43.5. The second-order valence-electron chi connectivity index (χ2n) is 11.9. The first-order chi connectivity index (χ1) is 21.8. The predicted octanol–water partition coefficient (Wildman–Crippen LogP) is 12.1. The van der Waals surface area contributed by atoms with Gasteiger partial charge in [0, 0.05) is 21.5 Å². The molecular formula is C42H26O2. The molecule has 1 aliphatic carbocycles. The van der Waals surface area contributed by atoms with E-state index in [2.05, 4.69) is 121 Å². The molecule has 9 aromatic rings. The number of allylic oxidation sites excluding steroid dienone is 1. The number of furan rings is 2. The molecule has 0 atom stereocenters. The minimum atomic E-state index is 0.923. The molecular weight excluding hydrogens is 536 g/mol. The Hall–Kier alpha value is -5.60. The molecule has 0 fully saturated rings. The van der Waals surface area contributed by atoms with Crippen molar-refractivity contribution in [2.24, 2.45) is 0 Å². The highest BCUT2D eigenvalue weighted by Crippen LogP contribution is 2.48. The Kier molecular flexibility index (Phi) is 4.86. The van der Waals surface area contributed by atoms with Crippen LogP contribution in [0.15, 0.2) is 136 Å². The Morgan fingerprint density at radius 3 is 2.07 bits per heavy atom. The van der Waals surface area contributed by atoms with Crippen molar-refractivity contribution in [2.75, 3.05) is 0 Å². The predicted molar refractivity (Wildman–Crippen MR) is 184 cm³/mol. The van der Waals surface area contributed by atoms with Gasteiger partial charge in [0.25, 0.3) is 0 Å². The van der Waals surface area contributed by atoms with E-state index in [9.17, 15) is 0 Å². The average Bonchev–Trinajstić information content (AvgIpc) is 3.63. The maximum atomic E-state index is 6.52. The fourth-order valence-electron chi connectivity index (χ4n) is 7.61. The van der Waals surface area contributed by atoms with Crippen LogP contribution in [0, 0.1) is 0 Å². The maximum Gasteiger partial charge on any atom is 0.136 e. The van der Waals surface area contributed by atoms with E-state index < -0.39 is 0 Å². The van der Waals surface area contributed by atoms with E-state index in [0.717, 1.165) is 45.9 Å². The van der Waals surface area contributed by atoms with E-state index in [-0.39, 0.29) is 0 Å². The summed E-state index contributed by atoms with van der Waals surface area (Å²) in [4.78, 5) is 0. The molecule has 10 rings (SSSR count). The monoisotopic (exact) mass is 562 g/mol. The molecule has 0 unspecified atom stereocenters. The van der Waals surface area contributed by atoms with Gasteiger partial charge in [-0.1, -0.05) is 97.1 Å². The summed E-state index contributed by atoms with van der Waals surface area (Å²) in [6.45, 7) is 0. The van der Waals surface area contributed by atoms with Crippen molar-refractivity contribution in [2.45, 2.75) is 12.8 Å². The average molecular weight is 563 g/mol. The standard InChI is InChI=1S/C42H26O2/c1-2-11-26-24-39-35(22-25(26)10-1)42-33(17-9-19-38(42)44-39)41-31-15-5-3-13-29(31)40(30-14-4-6-16-32(30)41)27-20-21-37-34(23-27)28-12-7-8-18-36(28)43-37/h1-5,7-15,17-24H,6,16H2. The van der Waals surface area contributed by atoms with Crippen LogP contribution in [0.1, 0.15) is 17.5 Å². The third kappa shape index (κ3) is 3.31. The Morgan fingerprint density at radius 1 is 0.477 bits per heavy atom. The Bertz CT molecular complexity index is 2660. The van der Waals surface area contributed by atoms with E-state index in [1.807, 2.05) is 12.1 Å². The number of hydrogen-bond acceptors (Lipinski definition) is 2. The van der Waals surface area contributed by atoms with Crippen LogP contribution in [0.3, 0.4) is 0 Å². The number of benzene rings is 7. The van der Waals surface area contributed by atoms with Gasteiger partial charge in [0.2, 0.25) is 0 Å². The molecule has 0 bridgehead atoms. The number of para-hydroxylation sites is 1. The Labute approximate surface area is 253 Å². The molecule has 44 heavy (non-hydrogen) atoms. The molecule has 206 valence electrons. The maximum absolute atomic E-state index is 6.52. The van der Waals surface area contributed by atoms with E-state index in [1.165, 1.54) is 65.7 Å². The van der Waals surface area contributed by atoms with Gasteiger partial charge in [-0.15, -0.1) is 0 Å². The van der Waals surface area contributed by atoms with Crippen molar-refractivity contribution in [3.05, 3.63) is 139 Å². The molecule has 0 spiro atoms. The molecule has 2 heteroatoms. The van der Waals surface area contributed by atoms with Crippen LogP contribution < -0.4 is 0 Å². The highest BCUT2D eigenvalue weighted by Gasteiger charge is 2.24. The molecule has 0 saturated carbocycles. The van der Waals surface area contributed by atoms with Crippen LogP contribution in [0.5, 0.6) is 0 Å². The fourth-order valence-corrected chi connectivity index (χ4v) is 7.61. The molecule has 0 saturated heterocycles. The lowest BCUT2D eigenvalue weighted by Gasteiger charge is -2.24. The van der Waals surface area contributed by atoms with E-state index in [0.29, 0.717) is 0 Å². The number of fused-ring (bicyclic) bond motifs is 9.